The maximum Gasteiger partial charge on any atom is 0.257 e. The second kappa shape index (κ2) is 10.2. The monoisotopic (exact) mass is 403 g/mol. The zero-order valence-corrected chi connectivity index (χ0v) is 18.3. The van der Waals surface area contributed by atoms with Gasteiger partial charge in [0.1, 0.15) is 0 Å². The van der Waals surface area contributed by atoms with Crippen molar-refractivity contribution in [2.45, 2.75) is 71.4 Å². The van der Waals surface area contributed by atoms with Gasteiger partial charge >= 0.3 is 0 Å². The number of piperidine rings is 1. The van der Waals surface area contributed by atoms with Gasteiger partial charge in [-0.2, -0.15) is 5.10 Å². The molecule has 2 amide bonds. The molecule has 3 heterocycles. The minimum absolute atomic E-state index is 0.0742. The molecular weight excluding hydrogens is 366 g/mol. The van der Waals surface area contributed by atoms with Gasteiger partial charge < -0.3 is 10.2 Å². The second-order valence-electron chi connectivity index (χ2n) is 8.81. The molecule has 1 aromatic heterocycles. The Bertz CT molecular complexity index is 678. The molecule has 0 aliphatic carbocycles. The van der Waals surface area contributed by atoms with E-state index in [4.69, 9.17) is 0 Å². The Balaban J connectivity index is 1.35. The summed E-state index contributed by atoms with van der Waals surface area (Å²) in [6.07, 6.45) is 9.41. The number of hydrogen-bond donors (Lipinski definition) is 1. The number of carbonyl (C=O) groups is 2. The summed E-state index contributed by atoms with van der Waals surface area (Å²) in [6.45, 7) is 10.8. The van der Waals surface area contributed by atoms with E-state index in [0.717, 1.165) is 52.0 Å². The van der Waals surface area contributed by atoms with Crippen LogP contribution in [-0.2, 0) is 4.79 Å². The molecule has 1 N–H and O–H groups in total. The SMILES string of the molecule is CCN1CCCC1CNC(=O)CCC1CCN(C(=O)c2cnn(C(C)C)c2)CC1. The molecule has 162 valence electrons. The van der Waals surface area contributed by atoms with Crippen molar-refractivity contribution in [2.24, 2.45) is 5.92 Å². The number of nitrogens with zero attached hydrogens (tertiary/aromatic N) is 4. The molecule has 0 saturated carbocycles. The van der Waals surface area contributed by atoms with Crippen LogP contribution < -0.4 is 5.32 Å². The van der Waals surface area contributed by atoms with Crippen molar-refractivity contribution in [1.82, 2.24) is 24.9 Å². The van der Waals surface area contributed by atoms with Crippen LogP contribution in [-0.4, -0.2) is 70.2 Å². The smallest absolute Gasteiger partial charge is 0.257 e. The lowest BCUT2D eigenvalue weighted by atomic mass is 9.92. The van der Waals surface area contributed by atoms with Crippen LogP contribution in [0.4, 0.5) is 0 Å². The Morgan fingerprint density at radius 2 is 1.97 bits per heavy atom. The van der Waals surface area contributed by atoms with Gasteiger partial charge in [0.15, 0.2) is 0 Å². The van der Waals surface area contributed by atoms with Gasteiger partial charge in [-0.1, -0.05) is 6.92 Å². The molecule has 0 aromatic carbocycles. The molecular formula is C22H37N5O2. The fourth-order valence-corrected chi connectivity index (χ4v) is 4.54. The van der Waals surface area contributed by atoms with Gasteiger partial charge in [-0.05, 0) is 65.0 Å². The summed E-state index contributed by atoms with van der Waals surface area (Å²) in [5, 5.41) is 7.41. The molecule has 1 unspecified atom stereocenters. The van der Waals surface area contributed by atoms with Crippen molar-refractivity contribution in [3.8, 4) is 0 Å². The Hall–Kier alpha value is -1.89. The summed E-state index contributed by atoms with van der Waals surface area (Å²) in [4.78, 5) is 29.3. The molecule has 1 aromatic rings. The van der Waals surface area contributed by atoms with Gasteiger partial charge in [0, 0.05) is 44.3 Å². The van der Waals surface area contributed by atoms with Crippen LogP contribution in [0.1, 0.15) is 75.7 Å². The summed E-state index contributed by atoms with van der Waals surface area (Å²) in [5.41, 5.74) is 0.671. The number of aromatic nitrogens is 2. The standard InChI is InChI=1S/C22H37N5O2/c1-4-25-11-5-6-20(25)15-23-21(28)8-7-18-9-12-26(13-10-18)22(29)19-14-24-27(16-19)17(2)3/h14,16-18,20H,4-13,15H2,1-3H3,(H,23,28). The van der Waals surface area contributed by atoms with Gasteiger partial charge in [0.25, 0.3) is 5.91 Å². The van der Waals surface area contributed by atoms with E-state index in [1.807, 2.05) is 15.8 Å². The number of rotatable bonds is 8. The first-order valence-corrected chi connectivity index (χ1v) is 11.3. The van der Waals surface area contributed by atoms with Crippen molar-refractivity contribution in [3.63, 3.8) is 0 Å². The third kappa shape index (κ3) is 5.81. The maximum absolute atomic E-state index is 12.7. The number of likely N-dealkylation sites (N-methyl/N-ethyl adjacent to an activating group) is 1. The van der Waals surface area contributed by atoms with Crippen LogP contribution >= 0.6 is 0 Å². The van der Waals surface area contributed by atoms with E-state index in [0.29, 0.717) is 23.9 Å². The van der Waals surface area contributed by atoms with E-state index in [1.165, 1.54) is 12.8 Å². The Morgan fingerprint density at radius 3 is 2.62 bits per heavy atom. The van der Waals surface area contributed by atoms with E-state index in [9.17, 15) is 9.59 Å². The molecule has 7 heteroatoms. The van der Waals surface area contributed by atoms with Crippen LogP contribution in [0.25, 0.3) is 0 Å². The van der Waals surface area contributed by atoms with Crippen molar-refractivity contribution in [3.05, 3.63) is 18.0 Å². The molecule has 7 nitrogen and oxygen atoms in total. The van der Waals surface area contributed by atoms with Gasteiger partial charge in [-0.3, -0.25) is 19.2 Å². The average molecular weight is 404 g/mol. The lowest BCUT2D eigenvalue weighted by molar-refractivity contribution is -0.121. The number of carbonyl (C=O) groups excluding carboxylic acids is 2. The topological polar surface area (TPSA) is 70.5 Å². The van der Waals surface area contributed by atoms with Gasteiger partial charge in [0.2, 0.25) is 5.91 Å². The lowest BCUT2D eigenvalue weighted by Gasteiger charge is -2.31. The summed E-state index contributed by atoms with van der Waals surface area (Å²) in [7, 11) is 0. The third-order valence-electron chi connectivity index (χ3n) is 6.50. The number of nitrogens with one attached hydrogen (secondary N) is 1. The largest absolute Gasteiger partial charge is 0.355 e. The van der Waals surface area contributed by atoms with Crippen molar-refractivity contribution in [1.29, 1.82) is 0 Å². The van der Waals surface area contributed by atoms with E-state index in [-0.39, 0.29) is 17.9 Å². The van der Waals surface area contributed by atoms with Crippen molar-refractivity contribution in [2.75, 3.05) is 32.7 Å². The highest BCUT2D eigenvalue weighted by Crippen LogP contribution is 2.23. The van der Waals surface area contributed by atoms with Crippen LogP contribution in [0, 0.1) is 5.92 Å². The normalized spacial score (nSPS) is 21.1. The molecule has 2 aliphatic rings. The first-order chi connectivity index (χ1) is 14.0. The molecule has 2 saturated heterocycles. The average Bonchev–Trinajstić information content (AvgIpc) is 3.40. The second-order valence-corrected chi connectivity index (χ2v) is 8.81. The highest BCUT2D eigenvalue weighted by Gasteiger charge is 2.26. The minimum atomic E-state index is 0.0742. The number of amides is 2. The highest BCUT2D eigenvalue weighted by atomic mass is 16.2. The zero-order chi connectivity index (χ0) is 20.8. The maximum atomic E-state index is 12.7. The molecule has 29 heavy (non-hydrogen) atoms. The zero-order valence-electron chi connectivity index (χ0n) is 18.3. The number of likely N-dealkylation sites (tertiary alicyclic amines) is 2. The summed E-state index contributed by atoms with van der Waals surface area (Å²) < 4.78 is 1.82. The van der Waals surface area contributed by atoms with Gasteiger partial charge in [0.05, 0.1) is 11.8 Å². The van der Waals surface area contributed by atoms with Crippen LogP contribution in [0.2, 0.25) is 0 Å². The molecule has 2 aliphatic heterocycles. The fourth-order valence-electron chi connectivity index (χ4n) is 4.54. The molecule has 0 radical (unpaired) electrons. The molecule has 1 atom stereocenters. The Morgan fingerprint density at radius 1 is 1.21 bits per heavy atom. The van der Waals surface area contributed by atoms with E-state index in [2.05, 4.69) is 36.1 Å². The number of hydrogen-bond acceptors (Lipinski definition) is 4. The van der Waals surface area contributed by atoms with Crippen LogP contribution in [0.15, 0.2) is 12.4 Å². The first-order valence-electron chi connectivity index (χ1n) is 11.3. The first kappa shape index (κ1) is 21.8. The molecule has 0 spiro atoms. The van der Waals surface area contributed by atoms with Gasteiger partial charge in [-0.15, -0.1) is 0 Å². The molecule has 0 bridgehead atoms. The van der Waals surface area contributed by atoms with Gasteiger partial charge in [-0.25, -0.2) is 0 Å². The Labute approximate surface area is 174 Å². The van der Waals surface area contributed by atoms with Crippen molar-refractivity contribution < 1.29 is 9.59 Å². The van der Waals surface area contributed by atoms with Crippen LogP contribution in [0.5, 0.6) is 0 Å². The van der Waals surface area contributed by atoms with Crippen molar-refractivity contribution >= 4 is 11.8 Å². The fraction of sp³-hybridized carbons (Fsp3) is 0.773. The lowest BCUT2D eigenvalue weighted by Crippen LogP contribution is -2.40. The predicted octanol–water partition coefficient (Wildman–Crippen LogP) is 2.70. The summed E-state index contributed by atoms with van der Waals surface area (Å²) in [6, 6.07) is 0.769. The quantitative estimate of drug-likeness (QED) is 0.724. The predicted molar refractivity (Wildman–Crippen MR) is 114 cm³/mol. The molecule has 2 fully saturated rings. The highest BCUT2D eigenvalue weighted by molar-refractivity contribution is 5.93. The summed E-state index contributed by atoms with van der Waals surface area (Å²) >= 11 is 0. The Kier molecular flexibility index (Phi) is 7.70. The third-order valence-corrected chi connectivity index (χ3v) is 6.50. The van der Waals surface area contributed by atoms with E-state index < -0.39 is 0 Å². The minimum Gasteiger partial charge on any atom is -0.355 e. The van der Waals surface area contributed by atoms with E-state index >= 15 is 0 Å². The van der Waals surface area contributed by atoms with E-state index in [1.54, 1.807) is 6.20 Å². The summed E-state index contributed by atoms with van der Waals surface area (Å²) in [5.74, 6) is 0.777. The van der Waals surface area contributed by atoms with Crippen LogP contribution in [0.3, 0.4) is 0 Å². The molecule has 3 rings (SSSR count).